The zero-order valence-electron chi connectivity index (χ0n) is 11.3. The van der Waals surface area contributed by atoms with Crippen LogP contribution in [-0.4, -0.2) is 40.8 Å². The lowest BCUT2D eigenvalue weighted by atomic mass is 10.1. The van der Waals surface area contributed by atoms with Gasteiger partial charge in [0.2, 0.25) is 0 Å². The summed E-state index contributed by atoms with van der Waals surface area (Å²) in [6, 6.07) is 0. The number of hydrogen-bond acceptors (Lipinski definition) is 3. The van der Waals surface area contributed by atoms with Gasteiger partial charge in [-0.1, -0.05) is 11.6 Å². The Morgan fingerprint density at radius 3 is 1.88 bits per heavy atom. The molecule has 2 aliphatic heterocycles. The van der Waals surface area contributed by atoms with E-state index < -0.39 is 46.5 Å². The first kappa shape index (κ1) is 18.6. The monoisotopic (exact) mass is 385 g/mol. The molecule has 0 aromatic heterocycles. The van der Waals surface area contributed by atoms with Crippen molar-refractivity contribution in [2.75, 3.05) is 0 Å². The molecule has 2 heterocycles. The van der Waals surface area contributed by atoms with Crippen LogP contribution >= 0.6 is 11.6 Å². The minimum absolute atomic E-state index is 0.187. The molecule has 2 aliphatic rings. The number of amidine groups is 2. The summed E-state index contributed by atoms with van der Waals surface area (Å²) in [7, 11) is 0. The molecular weight excluding hydrogens is 381 g/mol. The molecule has 0 saturated heterocycles. The molecule has 0 spiro atoms. The Morgan fingerprint density at radius 1 is 0.958 bits per heavy atom. The van der Waals surface area contributed by atoms with E-state index in [1.165, 1.54) is 0 Å². The highest BCUT2D eigenvalue weighted by Crippen LogP contribution is 2.49. The van der Waals surface area contributed by atoms with E-state index in [1.54, 1.807) is 0 Å². The van der Waals surface area contributed by atoms with Crippen LogP contribution in [0.5, 0.6) is 0 Å². The van der Waals surface area contributed by atoms with E-state index in [9.17, 15) is 39.5 Å². The second-order valence-corrected chi connectivity index (χ2v) is 5.11. The molecule has 134 valence electrons. The first-order chi connectivity index (χ1) is 10.6. The number of allylic oxidation sites excluding steroid dienone is 2. The predicted octanol–water partition coefficient (Wildman–Crippen LogP) is 4.52. The number of fused-ring (bicyclic) bond motifs is 1. The van der Waals surface area contributed by atoms with Gasteiger partial charge in [0.25, 0.3) is 0 Å². The zero-order chi connectivity index (χ0) is 18.7. The molecule has 0 fully saturated rings. The normalized spacial score (nSPS) is 21.5. The lowest BCUT2D eigenvalue weighted by Crippen LogP contribution is -2.58. The number of hydrogen-bond donors (Lipinski definition) is 0. The van der Waals surface area contributed by atoms with Crippen LogP contribution in [0.15, 0.2) is 32.9 Å². The summed E-state index contributed by atoms with van der Waals surface area (Å²) in [6.07, 6.45) is -16.4. The van der Waals surface area contributed by atoms with Crippen molar-refractivity contribution in [3.8, 4) is 0 Å². The number of halogens is 10. The van der Waals surface area contributed by atoms with Crippen LogP contribution in [0.25, 0.3) is 0 Å². The highest BCUT2D eigenvalue weighted by Gasteiger charge is 2.73. The van der Waals surface area contributed by atoms with Crippen molar-refractivity contribution >= 4 is 23.3 Å². The van der Waals surface area contributed by atoms with E-state index in [0.29, 0.717) is 11.8 Å². The summed E-state index contributed by atoms with van der Waals surface area (Å²) in [5.74, 6) is -2.13. The van der Waals surface area contributed by atoms with E-state index in [-0.39, 0.29) is 12.3 Å². The summed E-state index contributed by atoms with van der Waals surface area (Å²) in [5, 5.41) is -1.03. The van der Waals surface area contributed by atoms with Gasteiger partial charge in [-0.15, -0.1) is 0 Å². The maximum absolute atomic E-state index is 13.0. The average Bonchev–Trinajstić information content (AvgIpc) is 2.35. The molecule has 2 rings (SSSR count). The van der Waals surface area contributed by atoms with Crippen LogP contribution in [0.3, 0.4) is 0 Å². The Bertz CT molecular complexity index is 664. The molecule has 0 amide bonds. The van der Waals surface area contributed by atoms with Crippen LogP contribution in [0.4, 0.5) is 39.5 Å². The number of rotatable bonds is 0. The summed E-state index contributed by atoms with van der Waals surface area (Å²) in [5.41, 5.74) is -6.22. The molecule has 0 radical (unpaired) electrons. The fourth-order valence-electron chi connectivity index (χ4n) is 1.94. The van der Waals surface area contributed by atoms with Gasteiger partial charge in [-0.3, -0.25) is 4.90 Å². The van der Waals surface area contributed by atoms with E-state index >= 15 is 0 Å². The number of alkyl halides is 9. The first-order valence-corrected chi connectivity index (χ1v) is 6.23. The van der Waals surface area contributed by atoms with E-state index in [2.05, 4.69) is 9.98 Å². The van der Waals surface area contributed by atoms with Crippen LogP contribution in [-0.2, 0) is 0 Å². The molecule has 0 N–H and O–H groups in total. The van der Waals surface area contributed by atoms with Crippen molar-refractivity contribution in [1.29, 1.82) is 0 Å². The summed E-state index contributed by atoms with van der Waals surface area (Å²) in [6.45, 7) is 0.681. The number of aliphatic imine (C=N–C) groups is 2. The molecule has 0 unspecified atom stereocenters. The molecule has 0 saturated carbocycles. The standard InChI is InChI=1S/C11H5ClF9N3/c1-4-22-9(10(16,17)18,11(19,20)21)23-7-6(12)2-5(3-24(4)7)8(13,14)15/h2-3H,1H3. The summed E-state index contributed by atoms with van der Waals surface area (Å²) in [4.78, 5) is 5.34. The topological polar surface area (TPSA) is 28.0 Å². The third-order valence-electron chi connectivity index (χ3n) is 3.05. The van der Waals surface area contributed by atoms with Crippen LogP contribution < -0.4 is 0 Å². The van der Waals surface area contributed by atoms with Crippen molar-refractivity contribution < 1.29 is 39.5 Å². The van der Waals surface area contributed by atoms with Crippen molar-refractivity contribution in [2.24, 2.45) is 9.98 Å². The van der Waals surface area contributed by atoms with E-state index in [0.717, 1.165) is 0 Å². The fourth-order valence-corrected chi connectivity index (χ4v) is 2.19. The van der Waals surface area contributed by atoms with Crippen LogP contribution in [0, 0.1) is 0 Å². The highest BCUT2D eigenvalue weighted by atomic mass is 35.5. The summed E-state index contributed by atoms with van der Waals surface area (Å²) >= 11 is 5.44. The Balaban J connectivity index is 2.69. The van der Waals surface area contributed by atoms with E-state index in [4.69, 9.17) is 11.6 Å². The molecule has 24 heavy (non-hydrogen) atoms. The van der Waals surface area contributed by atoms with Gasteiger partial charge in [-0.05, 0) is 13.0 Å². The fraction of sp³-hybridized carbons (Fsp3) is 0.455. The highest BCUT2D eigenvalue weighted by molar-refractivity contribution is 6.45. The van der Waals surface area contributed by atoms with Gasteiger partial charge in [0.05, 0.1) is 10.6 Å². The Labute approximate surface area is 132 Å². The maximum atomic E-state index is 13.0. The third kappa shape index (κ3) is 2.76. The van der Waals surface area contributed by atoms with Gasteiger partial charge in [0.15, 0.2) is 5.84 Å². The SMILES string of the molecule is CC1=NC(C(F)(F)F)(C(F)(F)F)N=C2C(Cl)=CC(C(F)(F)F)=CN12. The molecule has 0 bridgehead atoms. The van der Waals surface area contributed by atoms with Gasteiger partial charge >= 0.3 is 24.2 Å². The van der Waals surface area contributed by atoms with Crippen molar-refractivity contribution in [1.82, 2.24) is 4.90 Å². The van der Waals surface area contributed by atoms with Gasteiger partial charge in [0.1, 0.15) is 5.84 Å². The molecular formula is C11H5ClF9N3. The van der Waals surface area contributed by atoms with Crippen molar-refractivity contribution in [2.45, 2.75) is 31.1 Å². The van der Waals surface area contributed by atoms with Gasteiger partial charge in [0, 0.05) is 6.20 Å². The van der Waals surface area contributed by atoms with E-state index in [1.807, 2.05) is 0 Å². The van der Waals surface area contributed by atoms with Gasteiger partial charge in [-0.25, -0.2) is 9.98 Å². The second-order valence-electron chi connectivity index (χ2n) is 4.71. The van der Waals surface area contributed by atoms with Gasteiger partial charge < -0.3 is 0 Å². The quantitative estimate of drug-likeness (QED) is 0.563. The largest absolute Gasteiger partial charge is 0.443 e. The predicted molar refractivity (Wildman–Crippen MR) is 65.3 cm³/mol. The van der Waals surface area contributed by atoms with Gasteiger partial charge in [-0.2, -0.15) is 39.5 Å². The Kier molecular flexibility index (Phi) is 3.98. The molecule has 0 aromatic rings. The lowest BCUT2D eigenvalue weighted by Gasteiger charge is -2.38. The third-order valence-corrected chi connectivity index (χ3v) is 3.33. The Hall–Kier alpha value is -1.72. The van der Waals surface area contributed by atoms with Crippen LogP contribution in [0.1, 0.15) is 6.92 Å². The molecule has 0 aliphatic carbocycles. The summed E-state index contributed by atoms with van der Waals surface area (Å²) < 4.78 is 116. The smallest absolute Gasteiger partial charge is 0.288 e. The van der Waals surface area contributed by atoms with Crippen molar-refractivity contribution in [3.63, 3.8) is 0 Å². The minimum Gasteiger partial charge on any atom is -0.288 e. The lowest BCUT2D eigenvalue weighted by molar-refractivity contribution is -0.292. The first-order valence-electron chi connectivity index (χ1n) is 5.86. The molecule has 13 heteroatoms. The van der Waals surface area contributed by atoms with Crippen LogP contribution in [0.2, 0.25) is 0 Å². The second kappa shape index (κ2) is 5.14. The molecule has 0 aromatic carbocycles. The Morgan fingerprint density at radius 2 is 1.46 bits per heavy atom. The average molecular weight is 386 g/mol. The maximum Gasteiger partial charge on any atom is 0.443 e. The minimum atomic E-state index is -5.98. The van der Waals surface area contributed by atoms with Crippen molar-refractivity contribution in [3.05, 3.63) is 22.9 Å². The molecule has 3 nitrogen and oxygen atoms in total. The molecule has 0 atom stereocenters. The zero-order valence-corrected chi connectivity index (χ0v) is 12.0. The number of nitrogens with zero attached hydrogens (tertiary/aromatic N) is 3.